The molecule has 0 radical (unpaired) electrons. The smallest absolute Gasteiger partial charge is 0.191 e. The summed E-state index contributed by atoms with van der Waals surface area (Å²) < 4.78 is 13.4. The fourth-order valence-corrected chi connectivity index (χ4v) is 3.42. The lowest BCUT2D eigenvalue weighted by Crippen LogP contribution is -2.49. The SMILES string of the molecule is CN=C(NCCc1ccc(C)cc1)NC1CCN(c2cccc(F)c2)CC1. The van der Waals surface area contributed by atoms with Crippen molar-refractivity contribution in [2.45, 2.75) is 32.2 Å². The first-order valence-corrected chi connectivity index (χ1v) is 9.67. The monoisotopic (exact) mass is 368 g/mol. The highest BCUT2D eigenvalue weighted by molar-refractivity contribution is 5.80. The topological polar surface area (TPSA) is 39.7 Å². The Balaban J connectivity index is 1.42. The first-order valence-electron chi connectivity index (χ1n) is 9.67. The molecule has 0 aromatic heterocycles. The Morgan fingerprint density at radius 1 is 1.15 bits per heavy atom. The van der Waals surface area contributed by atoms with E-state index in [1.54, 1.807) is 12.1 Å². The van der Waals surface area contributed by atoms with E-state index in [9.17, 15) is 4.39 Å². The predicted octanol–water partition coefficient (Wildman–Crippen LogP) is 3.51. The number of guanidine groups is 1. The maximum Gasteiger partial charge on any atom is 0.191 e. The number of hydrogen-bond donors (Lipinski definition) is 2. The van der Waals surface area contributed by atoms with Gasteiger partial charge in [-0.05, 0) is 49.9 Å². The quantitative estimate of drug-likeness (QED) is 0.627. The van der Waals surface area contributed by atoms with Crippen molar-refractivity contribution < 1.29 is 4.39 Å². The number of benzene rings is 2. The number of piperidine rings is 1. The number of anilines is 1. The molecule has 0 atom stereocenters. The summed E-state index contributed by atoms with van der Waals surface area (Å²) >= 11 is 0. The molecule has 3 rings (SSSR count). The molecule has 2 N–H and O–H groups in total. The Morgan fingerprint density at radius 2 is 1.89 bits per heavy atom. The summed E-state index contributed by atoms with van der Waals surface area (Å²) in [4.78, 5) is 6.59. The Bertz CT molecular complexity index is 749. The van der Waals surface area contributed by atoms with E-state index >= 15 is 0 Å². The first-order chi connectivity index (χ1) is 13.1. The lowest BCUT2D eigenvalue weighted by Gasteiger charge is -2.34. The molecule has 0 saturated carbocycles. The minimum Gasteiger partial charge on any atom is -0.371 e. The van der Waals surface area contributed by atoms with Crippen LogP contribution in [0.15, 0.2) is 53.5 Å². The maximum atomic E-state index is 13.4. The number of nitrogens with one attached hydrogen (secondary N) is 2. The number of aliphatic imine (C=N–C) groups is 1. The van der Waals surface area contributed by atoms with Crippen LogP contribution in [-0.2, 0) is 6.42 Å². The van der Waals surface area contributed by atoms with Crippen LogP contribution in [0, 0.1) is 12.7 Å². The summed E-state index contributed by atoms with van der Waals surface area (Å²) in [5, 5.41) is 6.93. The van der Waals surface area contributed by atoms with E-state index < -0.39 is 0 Å². The zero-order chi connectivity index (χ0) is 19.1. The first kappa shape index (κ1) is 19.2. The third-order valence-electron chi connectivity index (χ3n) is 5.06. The van der Waals surface area contributed by atoms with Crippen LogP contribution in [0.2, 0.25) is 0 Å². The highest BCUT2D eigenvalue weighted by atomic mass is 19.1. The molecule has 2 aromatic carbocycles. The van der Waals surface area contributed by atoms with E-state index in [4.69, 9.17) is 0 Å². The molecule has 27 heavy (non-hydrogen) atoms. The lowest BCUT2D eigenvalue weighted by molar-refractivity contribution is 0.461. The van der Waals surface area contributed by atoms with Gasteiger partial charge in [0.1, 0.15) is 5.82 Å². The van der Waals surface area contributed by atoms with Gasteiger partial charge < -0.3 is 15.5 Å². The van der Waals surface area contributed by atoms with Crippen LogP contribution < -0.4 is 15.5 Å². The number of hydrogen-bond acceptors (Lipinski definition) is 2. The van der Waals surface area contributed by atoms with Gasteiger partial charge in [0.15, 0.2) is 5.96 Å². The van der Waals surface area contributed by atoms with Crippen LogP contribution >= 0.6 is 0 Å². The minimum atomic E-state index is -0.175. The van der Waals surface area contributed by atoms with Crippen molar-refractivity contribution in [1.82, 2.24) is 10.6 Å². The van der Waals surface area contributed by atoms with Crippen molar-refractivity contribution in [3.05, 3.63) is 65.5 Å². The highest BCUT2D eigenvalue weighted by Crippen LogP contribution is 2.20. The van der Waals surface area contributed by atoms with Gasteiger partial charge in [-0.25, -0.2) is 4.39 Å². The molecule has 1 aliphatic rings. The van der Waals surface area contributed by atoms with E-state index in [1.165, 1.54) is 17.2 Å². The minimum absolute atomic E-state index is 0.175. The van der Waals surface area contributed by atoms with Gasteiger partial charge in [-0.15, -0.1) is 0 Å². The molecule has 2 aromatic rings. The zero-order valence-corrected chi connectivity index (χ0v) is 16.2. The van der Waals surface area contributed by atoms with Gasteiger partial charge in [0, 0.05) is 38.4 Å². The van der Waals surface area contributed by atoms with Gasteiger partial charge in [0.25, 0.3) is 0 Å². The lowest BCUT2D eigenvalue weighted by atomic mass is 10.0. The van der Waals surface area contributed by atoms with Crippen LogP contribution in [0.1, 0.15) is 24.0 Å². The summed E-state index contributed by atoms with van der Waals surface area (Å²) in [7, 11) is 1.81. The van der Waals surface area contributed by atoms with Gasteiger partial charge in [-0.2, -0.15) is 0 Å². The van der Waals surface area contributed by atoms with E-state index in [-0.39, 0.29) is 5.82 Å². The average molecular weight is 369 g/mol. The normalized spacial score (nSPS) is 15.7. The Hall–Kier alpha value is -2.56. The third-order valence-corrected chi connectivity index (χ3v) is 5.06. The molecular formula is C22H29FN4. The molecule has 0 aliphatic carbocycles. The maximum absolute atomic E-state index is 13.4. The number of rotatable bonds is 5. The Kier molecular flexibility index (Phi) is 6.69. The molecule has 1 saturated heterocycles. The molecule has 5 heteroatoms. The van der Waals surface area contributed by atoms with Gasteiger partial charge in [0.2, 0.25) is 0 Å². The van der Waals surface area contributed by atoms with E-state index in [0.29, 0.717) is 6.04 Å². The van der Waals surface area contributed by atoms with E-state index in [2.05, 4.69) is 51.7 Å². The van der Waals surface area contributed by atoms with Crippen molar-refractivity contribution >= 4 is 11.6 Å². The van der Waals surface area contributed by atoms with Crippen LogP contribution in [-0.4, -0.2) is 38.7 Å². The second kappa shape index (κ2) is 9.40. The highest BCUT2D eigenvalue weighted by Gasteiger charge is 2.20. The van der Waals surface area contributed by atoms with Crippen molar-refractivity contribution in [1.29, 1.82) is 0 Å². The third kappa shape index (κ3) is 5.71. The van der Waals surface area contributed by atoms with Gasteiger partial charge in [0.05, 0.1) is 0 Å². The molecule has 4 nitrogen and oxygen atoms in total. The van der Waals surface area contributed by atoms with E-state index in [0.717, 1.165) is 50.5 Å². The molecule has 0 amide bonds. The van der Waals surface area contributed by atoms with Crippen molar-refractivity contribution in [3.8, 4) is 0 Å². The largest absolute Gasteiger partial charge is 0.371 e. The predicted molar refractivity (Wildman–Crippen MR) is 111 cm³/mol. The number of nitrogens with zero attached hydrogens (tertiary/aromatic N) is 2. The van der Waals surface area contributed by atoms with Crippen LogP contribution in [0.4, 0.5) is 10.1 Å². The zero-order valence-electron chi connectivity index (χ0n) is 16.2. The molecule has 0 unspecified atom stereocenters. The van der Waals surface area contributed by atoms with Crippen molar-refractivity contribution in [3.63, 3.8) is 0 Å². The fraction of sp³-hybridized carbons (Fsp3) is 0.409. The Labute approximate surface area is 161 Å². The second-order valence-corrected chi connectivity index (χ2v) is 7.12. The number of aryl methyl sites for hydroxylation is 1. The van der Waals surface area contributed by atoms with Crippen LogP contribution in [0.5, 0.6) is 0 Å². The van der Waals surface area contributed by atoms with E-state index in [1.807, 2.05) is 13.1 Å². The molecule has 1 heterocycles. The summed E-state index contributed by atoms with van der Waals surface area (Å²) in [5.74, 6) is 0.678. The van der Waals surface area contributed by atoms with Crippen molar-refractivity contribution in [2.24, 2.45) is 4.99 Å². The fourth-order valence-electron chi connectivity index (χ4n) is 3.42. The molecular weight excluding hydrogens is 339 g/mol. The summed E-state index contributed by atoms with van der Waals surface area (Å²) in [5.41, 5.74) is 3.58. The molecule has 1 aliphatic heterocycles. The van der Waals surface area contributed by atoms with Crippen LogP contribution in [0.25, 0.3) is 0 Å². The van der Waals surface area contributed by atoms with Gasteiger partial charge >= 0.3 is 0 Å². The summed E-state index contributed by atoms with van der Waals surface area (Å²) in [6, 6.07) is 15.9. The standard InChI is InChI=1S/C22H29FN4/c1-17-6-8-18(9-7-17)10-13-25-22(24-2)26-20-11-14-27(15-12-20)21-5-3-4-19(23)16-21/h3-9,16,20H,10-15H2,1-2H3,(H2,24,25,26). The van der Waals surface area contributed by atoms with Gasteiger partial charge in [-0.3, -0.25) is 4.99 Å². The summed E-state index contributed by atoms with van der Waals surface area (Å²) in [6.07, 6.45) is 2.99. The van der Waals surface area contributed by atoms with Crippen LogP contribution in [0.3, 0.4) is 0 Å². The Morgan fingerprint density at radius 3 is 2.56 bits per heavy atom. The molecule has 0 bridgehead atoms. The molecule has 1 fully saturated rings. The number of halogens is 1. The van der Waals surface area contributed by atoms with Gasteiger partial charge in [-0.1, -0.05) is 35.9 Å². The average Bonchev–Trinajstić information content (AvgIpc) is 2.69. The summed E-state index contributed by atoms with van der Waals surface area (Å²) in [6.45, 7) is 4.79. The molecule has 0 spiro atoms. The second-order valence-electron chi connectivity index (χ2n) is 7.12. The molecule has 144 valence electrons. The van der Waals surface area contributed by atoms with Crippen molar-refractivity contribution in [2.75, 3.05) is 31.6 Å².